The normalized spacial score (nSPS) is 11.5. The van der Waals surface area contributed by atoms with E-state index in [-0.39, 0.29) is 5.84 Å². The van der Waals surface area contributed by atoms with E-state index in [9.17, 15) is 0 Å². The Morgan fingerprint density at radius 1 is 1.32 bits per heavy atom. The van der Waals surface area contributed by atoms with Crippen LogP contribution in [0.2, 0.25) is 5.02 Å². The van der Waals surface area contributed by atoms with Gasteiger partial charge in [-0.2, -0.15) is 0 Å². The highest BCUT2D eigenvalue weighted by molar-refractivity contribution is 7.98. The van der Waals surface area contributed by atoms with Crippen molar-refractivity contribution < 1.29 is 5.21 Å². The Balaban J connectivity index is 2.05. The molecule has 0 bridgehead atoms. The van der Waals surface area contributed by atoms with Gasteiger partial charge in [-0.05, 0) is 23.8 Å². The van der Waals surface area contributed by atoms with Crippen LogP contribution in [-0.4, -0.2) is 21.0 Å². The van der Waals surface area contributed by atoms with E-state index in [1.807, 2.05) is 24.3 Å². The van der Waals surface area contributed by atoms with Gasteiger partial charge in [0.05, 0.1) is 0 Å². The van der Waals surface area contributed by atoms with Crippen molar-refractivity contribution in [3.8, 4) is 0 Å². The maximum Gasteiger partial charge on any atom is 0.188 e. The van der Waals surface area contributed by atoms with Crippen molar-refractivity contribution in [2.75, 3.05) is 0 Å². The predicted molar refractivity (Wildman–Crippen MR) is 75.6 cm³/mol. The lowest BCUT2D eigenvalue weighted by Crippen LogP contribution is -2.15. The summed E-state index contributed by atoms with van der Waals surface area (Å²) in [6, 6.07) is 9.16. The number of hydrogen-bond acceptors (Lipinski definition) is 5. The molecule has 0 aliphatic heterocycles. The fourth-order valence-electron chi connectivity index (χ4n) is 1.33. The average Bonchev–Trinajstić information content (AvgIpc) is 2.46. The van der Waals surface area contributed by atoms with E-state index in [4.69, 9.17) is 22.5 Å². The number of amidine groups is 1. The largest absolute Gasteiger partial charge is 0.409 e. The molecule has 0 aliphatic rings. The maximum atomic E-state index is 8.60. The molecule has 0 saturated heterocycles. The van der Waals surface area contributed by atoms with Crippen molar-refractivity contribution in [1.29, 1.82) is 0 Å². The van der Waals surface area contributed by atoms with Crippen LogP contribution < -0.4 is 5.73 Å². The van der Waals surface area contributed by atoms with Gasteiger partial charge < -0.3 is 10.9 Å². The topological polar surface area (TPSA) is 84.4 Å². The molecule has 0 aliphatic carbocycles. The summed E-state index contributed by atoms with van der Waals surface area (Å²) in [5.74, 6) is 0.687. The summed E-state index contributed by atoms with van der Waals surface area (Å²) in [5.41, 5.74) is 6.99. The molecule has 1 heterocycles. The molecule has 0 saturated carbocycles. The smallest absolute Gasteiger partial charge is 0.188 e. The molecule has 5 nitrogen and oxygen atoms in total. The Morgan fingerprint density at radius 3 is 2.74 bits per heavy atom. The molecule has 0 atom stereocenters. The summed E-state index contributed by atoms with van der Waals surface area (Å²) in [6.07, 6.45) is 1.57. The highest BCUT2D eigenvalue weighted by Crippen LogP contribution is 2.20. The lowest BCUT2D eigenvalue weighted by Gasteiger charge is -2.03. The molecule has 98 valence electrons. The fourth-order valence-corrected chi connectivity index (χ4v) is 2.25. The van der Waals surface area contributed by atoms with Gasteiger partial charge in [-0.1, -0.05) is 40.7 Å². The first-order valence-electron chi connectivity index (χ1n) is 5.37. The average molecular weight is 295 g/mol. The van der Waals surface area contributed by atoms with Crippen LogP contribution in [0.5, 0.6) is 0 Å². The molecule has 1 aromatic carbocycles. The van der Waals surface area contributed by atoms with E-state index in [1.165, 1.54) is 11.8 Å². The first-order chi connectivity index (χ1) is 9.19. The summed E-state index contributed by atoms with van der Waals surface area (Å²) >= 11 is 7.28. The minimum Gasteiger partial charge on any atom is -0.409 e. The number of nitrogens with zero attached hydrogens (tertiary/aromatic N) is 3. The fraction of sp³-hybridized carbons (Fsp3) is 0.0833. The van der Waals surface area contributed by atoms with Crippen molar-refractivity contribution in [3.05, 3.63) is 52.8 Å². The standard InChI is InChI=1S/C12H11ClN4OS/c13-9-3-1-8(2-4-9)7-19-12-15-6-5-10(16-12)11(14)17-18/h1-6,18H,7H2,(H2,14,17). The monoisotopic (exact) mass is 294 g/mol. The third-order valence-electron chi connectivity index (χ3n) is 2.28. The minimum atomic E-state index is -0.0317. The third-order valence-corrected chi connectivity index (χ3v) is 3.47. The molecule has 2 rings (SSSR count). The van der Waals surface area contributed by atoms with Gasteiger partial charge in [0.2, 0.25) is 0 Å². The Bertz CT molecular complexity index is 589. The molecular weight excluding hydrogens is 284 g/mol. The molecule has 1 aromatic heterocycles. The minimum absolute atomic E-state index is 0.0317. The third kappa shape index (κ3) is 3.84. The first-order valence-corrected chi connectivity index (χ1v) is 6.73. The van der Waals surface area contributed by atoms with Crippen LogP contribution in [0.1, 0.15) is 11.3 Å². The van der Waals surface area contributed by atoms with Gasteiger partial charge in [-0.15, -0.1) is 0 Å². The van der Waals surface area contributed by atoms with Gasteiger partial charge in [0.1, 0.15) is 5.69 Å². The molecule has 2 aromatic rings. The number of thioether (sulfide) groups is 1. The highest BCUT2D eigenvalue weighted by Gasteiger charge is 2.04. The van der Waals surface area contributed by atoms with Gasteiger partial charge in [0.15, 0.2) is 11.0 Å². The van der Waals surface area contributed by atoms with Gasteiger partial charge >= 0.3 is 0 Å². The second kappa shape index (κ2) is 6.40. The number of rotatable bonds is 4. The molecule has 19 heavy (non-hydrogen) atoms. The zero-order valence-corrected chi connectivity index (χ0v) is 11.4. The maximum absolute atomic E-state index is 8.60. The van der Waals surface area contributed by atoms with E-state index in [2.05, 4.69) is 15.1 Å². The van der Waals surface area contributed by atoms with Gasteiger partial charge in [0, 0.05) is 17.0 Å². The Labute approximate surface area is 119 Å². The zero-order chi connectivity index (χ0) is 13.7. The van der Waals surface area contributed by atoms with Crippen LogP contribution in [0.4, 0.5) is 0 Å². The highest BCUT2D eigenvalue weighted by atomic mass is 35.5. The lowest BCUT2D eigenvalue weighted by atomic mass is 10.2. The second-order valence-corrected chi connectivity index (χ2v) is 5.00. The Kier molecular flexibility index (Phi) is 4.59. The molecule has 0 unspecified atom stereocenters. The van der Waals surface area contributed by atoms with Crippen LogP contribution in [0.25, 0.3) is 0 Å². The van der Waals surface area contributed by atoms with Crippen molar-refractivity contribution in [2.45, 2.75) is 10.9 Å². The number of nitrogens with two attached hydrogens (primary N) is 1. The van der Waals surface area contributed by atoms with E-state index >= 15 is 0 Å². The van der Waals surface area contributed by atoms with Gasteiger partial charge in [-0.25, -0.2) is 9.97 Å². The number of benzene rings is 1. The van der Waals surface area contributed by atoms with Crippen molar-refractivity contribution in [1.82, 2.24) is 9.97 Å². The molecule has 0 fully saturated rings. The summed E-state index contributed by atoms with van der Waals surface area (Å²) in [7, 11) is 0. The van der Waals surface area contributed by atoms with Crippen LogP contribution >= 0.6 is 23.4 Å². The molecule has 0 amide bonds. The summed E-state index contributed by atoms with van der Waals surface area (Å²) in [5, 5.41) is 12.8. The van der Waals surface area contributed by atoms with Crippen LogP contribution in [0, 0.1) is 0 Å². The van der Waals surface area contributed by atoms with E-state index in [0.29, 0.717) is 15.9 Å². The van der Waals surface area contributed by atoms with Crippen LogP contribution in [-0.2, 0) is 5.75 Å². The predicted octanol–water partition coefficient (Wildman–Crippen LogP) is 2.52. The second-order valence-electron chi connectivity index (χ2n) is 3.62. The summed E-state index contributed by atoms with van der Waals surface area (Å²) in [6.45, 7) is 0. The first kappa shape index (κ1) is 13.6. The van der Waals surface area contributed by atoms with Crippen LogP contribution in [0.15, 0.2) is 46.8 Å². The van der Waals surface area contributed by atoms with Crippen molar-refractivity contribution in [3.63, 3.8) is 0 Å². The van der Waals surface area contributed by atoms with E-state index in [0.717, 1.165) is 11.3 Å². The summed E-state index contributed by atoms with van der Waals surface area (Å²) in [4.78, 5) is 8.31. The zero-order valence-electron chi connectivity index (χ0n) is 9.82. The molecule has 3 N–H and O–H groups in total. The molecule has 7 heteroatoms. The van der Waals surface area contributed by atoms with E-state index < -0.39 is 0 Å². The Hall–Kier alpha value is -1.79. The SMILES string of the molecule is N/C(=N/O)c1ccnc(SCc2ccc(Cl)cc2)n1. The number of oxime groups is 1. The van der Waals surface area contributed by atoms with Crippen LogP contribution in [0.3, 0.4) is 0 Å². The molecule has 0 spiro atoms. The van der Waals surface area contributed by atoms with Gasteiger partial charge in [-0.3, -0.25) is 0 Å². The molecule has 0 radical (unpaired) electrons. The molecular formula is C12H11ClN4OS. The Morgan fingerprint density at radius 2 is 2.05 bits per heavy atom. The van der Waals surface area contributed by atoms with E-state index in [1.54, 1.807) is 12.3 Å². The number of hydrogen-bond donors (Lipinski definition) is 2. The summed E-state index contributed by atoms with van der Waals surface area (Å²) < 4.78 is 0. The van der Waals surface area contributed by atoms with Gasteiger partial charge in [0.25, 0.3) is 0 Å². The number of halogens is 1. The van der Waals surface area contributed by atoms with Crippen molar-refractivity contribution in [2.24, 2.45) is 10.9 Å². The number of aromatic nitrogens is 2. The quantitative estimate of drug-likeness (QED) is 0.226. The lowest BCUT2D eigenvalue weighted by molar-refractivity contribution is 0.318. The van der Waals surface area contributed by atoms with Crippen molar-refractivity contribution >= 4 is 29.2 Å².